The number of benzene rings is 1. The van der Waals surface area contributed by atoms with Gasteiger partial charge < -0.3 is 15.2 Å². The first kappa shape index (κ1) is 14.2. The van der Waals surface area contributed by atoms with Gasteiger partial charge in [0.15, 0.2) is 0 Å². The summed E-state index contributed by atoms with van der Waals surface area (Å²) in [6.45, 7) is 2.94. The minimum absolute atomic E-state index is 0.0248. The highest BCUT2D eigenvalue weighted by Crippen LogP contribution is 2.26. The summed E-state index contributed by atoms with van der Waals surface area (Å²) in [5.74, 6) is 0.0785. The first-order valence-electron chi connectivity index (χ1n) is 6.33. The number of hydrogen-bond acceptors (Lipinski definition) is 3. The van der Waals surface area contributed by atoms with Crippen LogP contribution in [0.25, 0.3) is 0 Å². The Hall–Kier alpha value is -1.26. The predicted octanol–water partition coefficient (Wildman–Crippen LogP) is 2.22. The number of phenols is 1. The van der Waals surface area contributed by atoms with Crippen molar-refractivity contribution < 1.29 is 14.6 Å². The molecule has 19 heavy (non-hydrogen) atoms. The molecule has 1 aliphatic heterocycles. The van der Waals surface area contributed by atoms with E-state index in [2.05, 4.69) is 5.32 Å². The van der Waals surface area contributed by atoms with Crippen molar-refractivity contribution >= 4 is 17.5 Å². The molecule has 2 N–H and O–H groups in total. The molecule has 1 fully saturated rings. The molecule has 0 radical (unpaired) electrons. The molecule has 1 amide bonds. The van der Waals surface area contributed by atoms with Crippen LogP contribution in [0.2, 0.25) is 0 Å². The molecule has 1 aromatic carbocycles. The Balaban J connectivity index is 2.17. The smallest absolute Gasteiger partial charge is 0.255 e. The van der Waals surface area contributed by atoms with Crippen LogP contribution in [0.3, 0.4) is 0 Å². The van der Waals surface area contributed by atoms with Crippen molar-refractivity contribution in [2.75, 3.05) is 19.1 Å². The molecule has 0 saturated carbocycles. The van der Waals surface area contributed by atoms with E-state index >= 15 is 0 Å². The van der Waals surface area contributed by atoms with Gasteiger partial charge in [0.05, 0.1) is 11.1 Å². The number of hydrogen-bond donors (Lipinski definition) is 2. The number of carbonyl (C=O) groups is 1. The van der Waals surface area contributed by atoms with Gasteiger partial charge in [-0.05, 0) is 31.4 Å². The lowest BCUT2D eigenvalue weighted by Crippen LogP contribution is -2.53. The first-order chi connectivity index (χ1) is 9.08. The molecule has 0 atom stereocenters. The molecule has 104 valence electrons. The van der Waals surface area contributed by atoms with Gasteiger partial charge in [0.1, 0.15) is 5.75 Å². The molecule has 0 bridgehead atoms. The maximum absolute atomic E-state index is 12.3. The molecule has 4 nitrogen and oxygen atoms in total. The molecular formula is C14H18ClNO3. The molecule has 1 saturated heterocycles. The lowest BCUT2D eigenvalue weighted by atomic mass is 9.91. The van der Waals surface area contributed by atoms with Crippen LogP contribution in [-0.4, -0.2) is 35.6 Å². The second-order valence-corrected chi connectivity index (χ2v) is 5.22. The molecule has 5 heteroatoms. The van der Waals surface area contributed by atoms with Crippen molar-refractivity contribution in [1.82, 2.24) is 5.32 Å². The molecule has 2 rings (SSSR count). The monoisotopic (exact) mass is 283 g/mol. The summed E-state index contributed by atoms with van der Waals surface area (Å²) in [6, 6.07) is 5.12. The van der Waals surface area contributed by atoms with E-state index in [9.17, 15) is 9.90 Å². The summed E-state index contributed by atoms with van der Waals surface area (Å²) in [5, 5.41) is 12.9. The van der Waals surface area contributed by atoms with Gasteiger partial charge in [0.2, 0.25) is 0 Å². The van der Waals surface area contributed by atoms with Crippen LogP contribution < -0.4 is 5.32 Å². The number of carbonyl (C=O) groups excluding carboxylic acids is 1. The van der Waals surface area contributed by atoms with Gasteiger partial charge in [0, 0.05) is 19.1 Å². The topological polar surface area (TPSA) is 58.6 Å². The molecule has 0 aliphatic carbocycles. The molecule has 0 aromatic heterocycles. The van der Waals surface area contributed by atoms with Crippen LogP contribution in [0.1, 0.15) is 28.8 Å². The highest BCUT2D eigenvalue weighted by Gasteiger charge is 2.34. The minimum Gasteiger partial charge on any atom is -0.507 e. The fourth-order valence-corrected chi connectivity index (χ4v) is 2.54. The number of phenolic OH excluding ortho intramolecular Hbond substituents is 1. The Labute approximate surface area is 117 Å². The molecular weight excluding hydrogens is 266 g/mol. The number of halogens is 1. The van der Waals surface area contributed by atoms with Crippen LogP contribution in [0.15, 0.2) is 18.2 Å². The normalized spacial score (nSPS) is 18.0. The third kappa shape index (κ3) is 3.01. The molecule has 1 aromatic rings. The fourth-order valence-electron chi connectivity index (χ4n) is 2.20. The maximum atomic E-state index is 12.3. The zero-order chi connectivity index (χ0) is 13.9. The third-order valence-electron chi connectivity index (χ3n) is 3.57. The van der Waals surface area contributed by atoms with Crippen LogP contribution in [0, 0.1) is 6.92 Å². The van der Waals surface area contributed by atoms with Crippen LogP contribution >= 0.6 is 11.6 Å². The summed E-state index contributed by atoms with van der Waals surface area (Å²) in [5.41, 5.74) is 0.531. The Morgan fingerprint density at radius 1 is 1.47 bits per heavy atom. The second-order valence-electron chi connectivity index (χ2n) is 4.95. The largest absolute Gasteiger partial charge is 0.507 e. The lowest BCUT2D eigenvalue weighted by Gasteiger charge is -2.36. The van der Waals surface area contributed by atoms with Gasteiger partial charge in [0.25, 0.3) is 5.91 Å². The average Bonchev–Trinajstić information content (AvgIpc) is 2.42. The molecule has 0 spiro atoms. The number of amides is 1. The van der Waals surface area contributed by atoms with Gasteiger partial charge >= 0.3 is 0 Å². The summed E-state index contributed by atoms with van der Waals surface area (Å²) in [7, 11) is 0. The van der Waals surface area contributed by atoms with Gasteiger partial charge in [-0.2, -0.15) is 0 Å². The zero-order valence-electron chi connectivity index (χ0n) is 10.9. The van der Waals surface area contributed by atoms with Crippen molar-refractivity contribution in [2.45, 2.75) is 25.3 Å². The van der Waals surface area contributed by atoms with E-state index in [1.54, 1.807) is 25.1 Å². The number of aromatic hydroxyl groups is 1. The first-order valence-corrected chi connectivity index (χ1v) is 6.86. The van der Waals surface area contributed by atoms with Gasteiger partial charge in [-0.25, -0.2) is 0 Å². The quantitative estimate of drug-likeness (QED) is 0.836. The van der Waals surface area contributed by atoms with Crippen molar-refractivity contribution in [3.05, 3.63) is 29.3 Å². The number of ether oxygens (including phenoxy) is 1. The highest BCUT2D eigenvalue weighted by atomic mass is 35.5. The van der Waals surface area contributed by atoms with Gasteiger partial charge in [-0.15, -0.1) is 11.6 Å². The number of alkyl halides is 1. The van der Waals surface area contributed by atoms with E-state index in [-0.39, 0.29) is 17.2 Å². The van der Waals surface area contributed by atoms with Crippen molar-refractivity contribution in [2.24, 2.45) is 0 Å². The van der Waals surface area contributed by atoms with Crippen molar-refractivity contribution in [3.63, 3.8) is 0 Å². The van der Waals surface area contributed by atoms with E-state index in [0.717, 1.165) is 0 Å². The van der Waals surface area contributed by atoms with Gasteiger partial charge in [-0.3, -0.25) is 4.79 Å². The number of nitrogens with one attached hydrogen (secondary N) is 1. The Morgan fingerprint density at radius 2 is 2.16 bits per heavy atom. The number of rotatable bonds is 3. The number of aryl methyl sites for hydroxylation is 1. The molecule has 0 unspecified atom stereocenters. The average molecular weight is 284 g/mol. The lowest BCUT2D eigenvalue weighted by molar-refractivity contribution is 0.0433. The Kier molecular flexibility index (Phi) is 4.32. The summed E-state index contributed by atoms with van der Waals surface area (Å²) in [4.78, 5) is 12.3. The van der Waals surface area contributed by atoms with Crippen LogP contribution in [-0.2, 0) is 4.74 Å². The zero-order valence-corrected chi connectivity index (χ0v) is 11.7. The summed E-state index contributed by atoms with van der Waals surface area (Å²) < 4.78 is 5.30. The standard InChI is InChI=1S/C14H18ClNO3/c1-10-3-2-4-11(12(10)17)13(18)16-14(9-15)5-7-19-8-6-14/h2-4,17H,5-9H2,1H3,(H,16,18). The van der Waals surface area contributed by atoms with E-state index in [0.29, 0.717) is 37.5 Å². The molecule has 1 aliphatic rings. The minimum atomic E-state index is -0.437. The third-order valence-corrected chi connectivity index (χ3v) is 4.08. The van der Waals surface area contributed by atoms with E-state index in [4.69, 9.17) is 16.3 Å². The van der Waals surface area contributed by atoms with E-state index in [1.165, 1.54) is 0 Å². The van der Waals surface area contributed by atoms with E-state index in [1.807, 2.05) is 0 Å². The fraction of sp³-hybridized carbons (Fsp3) is 0.500. The SMILES string of the molecule is Cc1cccc(C(=O)NC2(CCl)CCOCC2)c1O. The predicted molar refractivity (Wildman–Crippen MR) is 73.8 cm³/mol. The maximum Gasteiger partial charge on any atom is 0.255 e. The van der Waals surface area contributed by atoms with E-state index < -0.39 is 5.54 Å². The Morgan fingerprint density at radius 3 is 2.79 bits per heavy atom. The van der Waals surface area contributed by atoms with Crippen molar-refractivity contribution in [1.29, 1.82) is 0 Å². The Bertz CT molecular complexity index is 470. The molecule has 1 heterocycles. The van der Waals surface area contributed by atoms with Crippen LogP contribution in [0.5, 0.6) is 5.75 Å². The van der Waals surface area contributed by atoms with Crippen molar-refractivity contribution in [3.8, 4) is 5.75 Å². The van der Waals surface area contributed by atoms with Crippen LogP contribution in [0.4, 0.5) is 0 Å². The highest BCUT2D eigenvalue weighted by molar-refractivity contribution is 6.19. The number of para-hydroxylation sites is 1. The summed E-state index contributed by atoms with van der Waals surface area (Å²) in [6.07, 6.45) is 1.38. The summed E-state index contributed by atoms with van der Waals surface area (Å²) >= 11 is 6.01. The second kappa shape index (κ2) is 5.80. The van der Waals surface area contributed by atoms with Gasteiger partial charge in [-0.1, -0.05) is 12.1 Å².